The Morgan fingerprint density at radius 2 is 1.82 bits per heavy atom. The molecule has 0 unspecified atom stereocenters. The van der Waals surface area contributed by atoms with Gasteiger partial charge in [0.15, 0.2) is 5.11 Å². The van der Waals surface area contributed by atoms with Gasteiger partial charge in [-0.1, -0.05) is 30.3 Å². The summed E-state index contributed by atoms with van der Waals surface area (Å²) in [6.45, 7) is 0. The summed E-state index contributed by atoms with van der Waals surface area (Å²) < 4.78 is 26.2. The van der Waals surface area contributed by atoms with Crippen LogP contribution >= 0.6 is 12.2 Å². The van der Waals surface area contributed by atoms with Crippen LogP contribution in [-0.4, -0.2) is 11.0 Å². The molecule has 2 N–H and O–H groups in total. The Morgan fingerprint density at radius 3 is 2.50 bits per heavy atom. The van der Waals surface area contributed by atoms with Crippen molar-refractivity contribution in [3.8, 4) is 0 Å². The first kappa shape index (κ1) is 15.8. The predicted molar refractivity (Wildman–Crippen MR) is 86.2 cm³/mol. The zero-order valence-electron chi connectivity index (χ0n) is 11.3. The Bertz CT molecular complexity index is 717. The molecular weight excluding hydrogens is 306 g/mol. The molecule has 3 nitrogen and oxygen atoms in total. The maximum absolute atomic E-state index is 13.4. The Balaban J connectivity index is 1.91. The van der Waals surface area contributed by atoms with E-state index in [0.717, 1.165) is 17.7 Å². The fraction of sp³-hybridized carbons (Fsp3) is 0. The number of amides is 1. The normalized spacial score (nSPS) is 10.5. The average molecular weight is 318 g/mol. The third kappa shape index (κ3) is 4.75. The molecule has 0 radical (unpaired) electrons. The first-order valence-electron chi connectivity index (χ1n) is 6.35. The van der Waals surface area contributed by atoms with Gasteiger partial charge in [-0.2, -0.15) is 0 Å². The quantitative estimate of drug-likeness (QED) is 0.672. The van der Waals surface area contributed by atoms with Gasteiger partial charge < -0.3 is 5.32 Å². The van der Waals surface area contributed by atoms with Crippen LogP contribution in [0.4, 0.5) is 14.5 Å². The van der Waals surface area contributed by atoms with E-state index < -0.39 is 17.5 Å². The summed E-state index contributed by atoms with van der Waals surface area (Å²) >= 11 is 4.90. The third-order valence-corrected chi connectivity index (χ3v) is 2.85. The molecule has 0 fully saturated rings. The second-order valence-corrected chi connectivity index (χ2v) is 4.72. The number of nitrogens with one attached hydrogen (secondary N) is 2. The van der Waals surface area contributed by atoms with E-state index in [0.29, 0.717) is 0 Å². The Labute approximate surface area is 131 Å². The molecule has 0 saturated heterocycles. The van der Waals surface area contributed by atoms with E-state index in [1.807, 2.05) is 30.3 Å². The Hall–Kier alpha value is -2.60. The van der Waals surface area contributed by atoms with Gasteiger partial charge in [0, 0.05) is 12.1 Å². The van der Waals surface area contributed by atoms with Gasteiger partial charge in [0.1, 0.15) is 11.6 Å². The van der Waals surface area contributed by atoms with Gasteiger partial charge in [-0.05, 0) is 36.0 Å². The summed E-state index contributed by atoms with van der Waals surface area (Å²) in [7, 11) is 0. The number of thiocarbonyl (C=S) groups is 1. The van der Waals surface area contributed by atoms with E-state index >= 15 is 0 Å². The van der Waals surface area contributed by atoms with E-state index in [9.17, 15) is 13.6 Å². The largest absolute Gasteiger partial charge is 0.330 e. The highest BCUT2D eigenvalue weighted by Gasteiger charge is 2.06. The molecule has 0 heterocycles. The van der Waals surface area contributed by atoms with Crippen LogP contribution in [0.1, 0.15) is 5.56 Å². The van der Waals surface area contributed by atoms with E-state index in [1.165, 1.54) is 12.1 Å². The zero-order chi connectivity index (χ0) is 15.9. The lowest BCUT2D eigenvalue weighted by Gasteiger charge is -2.08. The number of benzene rings is 2. The van der Waals surface area contributed by atoms with Crippen LogP contribution in [0.15, 0.2) is 54.6 Å². The molecular formula is C16H12F2N2OS. The Morgan fingerprint density at radius 1 is 1.09 bits per heavy atom. The number of rotatable bonds is 3. The Kier molecular flexibility index (Phi) is 5.32. The summed E-state index contributed by atoms with van der Waals surface area (Å²) in [6, 6.07) is 12.3. The van der Waals surface area contributed by atoms with Crippen molar-refractivity contribution in [3.05, 3.63) is 71.8 Å². The van der Waals surface area contributed by atoms with Gasteiger partial charge in [-0.25, -0.2) is 8.78 Å². The van der Waals surface area contributed by atoms with E-state index in [1.54, 1.807) is 6.08 Å². The highest BCUT2D eigenvalue weighted by Crippen LogP contribution is 2.14. The lowest BCUT2D eigenvalue weighted by atomic mass is 10.2. The molecule has 112 valence electrons. The third-order valence-electron chi connectivity index (χ3n) is 2.64. The lowest BCUT2D eigenvalue weighted by molar-refractivity contribution is -0.115. The highest BCUT2D eigenvalue weighted by atomic mass is 32.1. The van der Waals surface area contributed by atoms with Gasteiger partial charge in [-0.3, -0.25) is 10.1 Å². The number of hydrogen-bond acceptors (Lipinski definition) is 2. The van der Waals surface area contributed by atoms with Gasteiger partial charge in [-0.15, -0.1) is 0 Å². The minimum absolute atomic E-state index is 0.0151. The average Bonchev–Trinajstić information content (AvgIpc) is 2.49. The molecule has 2 aromatic rings. The molecule has 0 saturated carbocycles. The smallest absolute Gasteiger partial charge is 0.250 e. The van der Waals surface area contributed by atoms with Crippen LogP contribution < -0.4 is 10.6 Å². The SMILES string of the molecule is O=C(/C=C/c1ccccc1)NC(=S)Nc1ccc(F)cc1F. The van der Waals surface area contributed by atoms with Crippen molar-refractivity contribution < 1.29 is 13.6 Å². The zero-order valence-corrected chi connectivity index (χ0v) is 12.2. The summed E-state index contributed by atoms with van der Waals surface area (Å²) in [6.07, 6.45) is 2.93. The molecule has 0 aromatic heterocycles. The van der Waals surface area contributed by atoms with Crippen molar-refractivity contribution in [2.75, 3.05) is 5.32 Å². The molecule has 22 heavy (non-hydrogen) atoms. The molecule has 0 aliphatic rings. The van der Waals surface area contributed by atoms with Crippen LogP contribution in [0.2, 0.25) is 0 Å². The monoisotopic (exact) mass is 318 g/mol. The van der Waals surface area contributed by atoms with E-state index in [-0.39, 0.29) is 10.8 Å². The number of anilines is 1. The summed E-state index contributed by atoms with van der Waals surface area (Å²) in [4.78, 5) is 11.7. The number of halogens is 2. The number of carbonyl (C=O) groups excluding carboxylic acids is 1. The van der Waals surface area contributed by atoms with Crippen molar-refractivity contribution in [3.63, 3.8) is 0 Å². The van der Waals surface area contributed by atoms with Crippen molar-refractivity contribution in [2.24, 2.45) is 0 Å². The van der Waals surface area contributed by atoms with Crippen LogP contribution in [0.25, 0.3) is 6.08 Å². The molecule has 0 aliphatic carbocycles. The minimum atomic E-state index is -0.795. The van der Waals surface area contributed by atoms with E-state index in [2.05, 4.69) is 10.6 Å². The van der Waals surface area contributed by atoms with Crippen LogP contribution in [0.5, 0.6) is 0 Å². The molecule has 0 aliphatic heterocycles. The van der Waals surface area contributed by atoms with Gasteiger partial charge in [0.25, 0.3) is 0 Å². The van der Waals surface area contributed by atoms with Crippen LogP contribution in [-0.2, 0) is 4.79 Å². The number of hydrogen-bond donors (Lipinski definition) is 2. The maximum atomic E-state index is 13.4. The van der Waals surface area contributed by atoms with Crippen molar-refractivity contribution in [1.29, 1.82) is 0 Å². The summed E-state index contributed by atoms with van der Waals surface area (Å²) in [5.74, 6) is -1.94. The first-order chi connectivity index (χ1) is 10.5. The second-order valence-electron chi connectivity index (χ2n) is 4.31. The molecule has 6 heteroatoms. The van der Waals surface area contributed by atoms with Crippen LogP contribution in [0, 0.1) is 11.6 Å². The van der Waals surface area contributed by atoms with Crippen LogP contribution in [0.3, 0.4) is 0 Å². The van der Waals surface area contributed by atoms with Crippen molar-refractivity contribution >= 4 is 35.0 Å². The van der Waals surface area contributed by atoms with E-state index in [4.69, 9.17) is 12.2 Å². The lowest BCUT2D eigenvalue weighted by Crippen LogP contribution is -2.33. The van der Waals surface area contributed by atoms with Crippen molar-refractivity contribution in [1.82, 2.24) is 5.32 Å². The molecule has 1 amide bonds. The molecule has 0 spiro atoms. The fourth-order valence-electron chi connectivity index (χ4n) is 1.63. The molecule has 0 atom stereocenters. The maximum Gasteiger partial charge on any atom is 0.250 e. The molecule has 2 aromatic carbocycles. The predicted octanol–water partition coefficient (Wildman–Crippen LogP) is 3.49. The molecule has 2 rings (SSSR count). The van der Waals surface area contributed by atoms with Gasteiger partial charge in [0.2, 0.25) is 5.91 Å². The second kappa shape index (κ2) is 7.42. The fourth-order valence-corrected chi connectivity index (χ4v) is 1.84. The molecule has 0 bridgehead atoms. The van der Waals surface area contributed by atoms with Crippen molar-refractivity contribution in [2.45, 2.75) is 0 Å². The summed E-state index contributed by atoms with van der Waals surface area (Å²) in [5, 5.41) is 4.79. The number of carbonyl (C=O) groups is 1. The van der Waals surface area contributed by atoms with Gasteiger partial charge in [0.05, 0.1) is 5.69 Å². The summed E-state index contributed by atoms with van der Waals surface area (Å²) in [5.41, 5.74) is 0.847. The minimum Gasteiger partial charge on any atom is -0.330 e. The topological polar surface area (TPSA) is 41.1 Å². The van der Waals surface area contributed by atoms with Gasteiger partial charge >= 0.3 is 0 Å². The highest BCUT2D eigenvalue weighted by molar-refractivity contribution is 7.80. The first-order valence-corrected chi connectivity index (χ1v) is 6.75. The standard InChI is InChI=1S/C16H12F2N2OS/c17-12-7-8-14(13(18)10-12)19-16(22)20-15(21)9-6-11-4-2-1-3-5-11/h1-10H,(H2,19,20,21,22)/b9-6+.